The molecule has 1 aromatic carbocycles. The van der Waals surface area contributed by atoms with E-state index in [2.05, 4.69) is 39.0 Å². The van der Waals surface area contributed by atoms with Gasteiger partial charge in [0.2, 0.25) is 0 Å². The van der Waals surface area contributed by atoms with E-state index in [-0.39, 0.29) is 0 Å². The van der Waals surface area contributed by atoms with Crippen LogP contribution in [-0.2, 0) is 11.0 Å². The molecule has 0 aromatic heterocycles. The van der Waals surface area contributed by atoms with Crippen LogP contribution in [0.1, 0.15) is 30.0 Å². The van der Waals surface area contributed by atoms with Crippen LogP contribution in [0.2, 0.25) is 0 Å². The largest absolute Gasteiger partial charge is 0.279 e. The second kappa shape index (κ2) is 6.80. The van der Waals surface area contributed by atoms with Crippen molar-refractivity contribution in [1.82, 2.24) is 0 Å². The number of hydrogen-bond acceptors (Lipinski definition) is 1. The predicted molar refractivity (Wildman–Crippen MR) is 58.9 cm³/mol. The second-order valence-electron chi connectivity index (χ2n) is 3.18. The van der Waals surface area contributed by atoms with Crippen molar-refractivity contribution in [3.05, 3.63) is 34.9 Å². The summed E-state index contributed by atoms with van der Waals surface area (Å²) in [4.78, 5) is 0. The van der Waals surface area contributed by atoms with E-state index in [1.165, 1.54) is 29.5 Å². The maximum absolute atomic E-state index is 8.06. The molecule has 1 nitrogen and oxygen atoms in total. The molecule has 0 atom stereocenters. The Bertz CT molecular complexity index is 258. The van der Waals surface area contributed by atoms with Crippen molar-refractivity contribution in [3.8, 4) is 0 Å². The van der Waals surface area contributed by atoms with Crippen LogP contribution in [0.3, 0.4) is 0 Å². The Labute approximate surface area is 82.8 Å². The average Bonchev–Trinajstić information content (AvgIpc) is 2.15. The summed E-state index contributed by atoms with van der Waals surface area (Å²) >= 11 is 0. The smallest absolute Gasteiger partial charge is 0.138 e. The number of benzene rings is 1. The van der Waals surface area contributed by atoms with Crippen molar-refractivity contribution in [2.45, 2.75) is 33.6 Å². The van der Waals surface area contributed by atoms with Gasteiger partial charge in [-0.15, -0.1) is 0 Å². The summed E-state index contributed by atoms with van der Waals surface area (Å²) in [5.74, 6) is 0. The Morgan fingerprint density at radius 2 is 1.85 bits per heavy atom. The van der Waals surface area contributed by atoms with Crippen molar-refractivity contribution in [2.75, 3.05) is 0 Å². The Balaban J connectivity index is 0.000000671. The van der Waals surface area contributed by atoms with E-state index in [9.17, 15) is 0 Å². The first kappa shape index (κ1) is 12.3. The number of hydrogen-bond donors (Lipinski definition) is 0. The zero-order valence-corrected chi connectivity index (χ0v) is 9.55. The van der Waals surface area contributed by atoms with Crippen molar-refractivity contribution in [1.29, 1.82) is 0 Å². The molecule has 0 radical (unpaired) electrons. The average molecular weight is 196 g/mol. The predicted octanol–water partition coefficient (Wildman–Crippen LogP) is 3.73. The van der Waals surface area contributed by atoms with E-state index in [0.29, 0.717) is 0 Å². The van der Waals surface area contributed by atoms with E-state index < -0.39 is 0 Å². The molecule has 72 valence electrons. The molecule has 0 bridgehead atoms. The maximum Gasteiger partial charge on any atom is 0.138 e. The van der Waals surface area contributed by atoms with Crippen LogP contribution in [0.15, 0.2) is 18.2 Å². The lowest BCUT2D eigenvalue weighted by molar-refractivity contribution is 0.607. The summed E-state index contributed by atoms with van der Waals surface area (Å²) in [5.41, 5.74) is 4.31. The first-order chi connectivity index (χ1) is 6.24. The summed E-state index contributed by atoms with van der Waals surface area (Å²) in [6, 6.07) is 6.67. The minimum atomic E-state index is 1.22. The Morgan fingerprint density at radius 3 is 2.38 bits per heavy atom. The topological polar surface area (TPSA) is 17.1 Å². The van der Waals surface area contributed by atoms with Gasteiger partial charge < -0.3 is 0 Å². The molecule has 0 aliphatic carbocycles. The van der Waals surface area contributed by atoms with E-state index in [1.807, 2.05) is 0 Å². The van der Waals surface area contributed by atoms with Gasteiger partial charge in [-0.1, -0.05) is 37.1 Å². The highest BCUT2D eigenvalue weighted by atomic mass is 31.0. The third kappa shape index (κ3) is 4.19. The monoisotopic (exact) mass is 196 g/mol. The summed E-state index contributed by atoms with van der Waals surface area (Å²) in [6.45, 7) is 6.56. The molecule has 1 rings (SSSR count). The van der Waals surface area contributed by atoms with Crippen LogP contribution >= 0.6 is 9.12 Å². The SMILES string of the molecule is CCCc1cc(C)ccc1C.O=P. The van der Waals surface area contributed by atoms with Crippen LogP contribution in [-0.4, -0.2) is 0 Å². The molecule has 0 saturated heterocycles. The van der Waals surface area contributed by atoms with Gasteiger partial charge in [0.25, 0.3) is 0 Å². The molecule has 0 N–H and O–H groups in total. The molecule has 2 heteroatoms. The standard InChI is InChI=1S/C11H16.HOP/c1-4-5-11-8-9(2)6-7-10(11)3;1-2/h6-8H,4-5H2,1-3H3;2H. The molecule has 0 saturated carbocycles. The zero-order chi connectivity index (χ0) is 10.3. The van der Waals surface area contributed by atoms with Gasteiger partial charge in [-0.3, -0.25) is 4.57 Å². The minimum Gasteiger partial charge on any atom is -0.279 e. The summed E-state index contributed by atoms with van der Waals surface area (Å²) in [6.07, 6.45) is 2.46. The van der Waals surface area contributed by atoms with Gasteiger partial charge in [-0.25, -0.2) is 0 Å². The molecule has 0 unspecified atom stereocenters. The fourth-order valence-electron chi connectivity index (χ4n) is 1.34. The highest BCUT2D eigenvalue weighted by Gasteiger charge is 1.95. The van der Waals surface area contributed by atoms with Crippen molar-refractivity contribution < 1.29 is 4.57 Å². The lowest BCUT2D eigenvalue weighted by atomic mass is 10.0. The Hall–Kier alpha value is -0.680. The summed E-state index contributed by atoms with van der Waals surface area (Å²) in [7, 11) is 1.72. The van der Waals surface area contributed by atoms with E-state index in [0.717, 1.165) is 0 Å². The summed E-state index contributed by atoms with van der Waals surface area (Å²) in [5, 5.41) is 0. The van der Waals surface area contributed by atoms with Crippen molar-refractivity contribution in [2.24, 2.45) is 0 Å². The lowest BCUT2D eigenvalue weighted by Crippen LogP contribution is -1.88. The normalized spacial score (nSPS) is 8.85. The third-order valence-electron chi connectivity index (χ3n) is 2.02. The third-order valence-corrected chi connectivity index (χ3v) is 2.02. The molecule has 0 heterocycles. The van der Waals surface area contributed by atoms with Gasteiger partial charge in [0.15, 0.2) is 0 Å². The van der Waals surface area contributed by atoms with Crippen LogP contribution < -0.4 is 0 Å². The van der Waals surface area contributed by atoms with Crippen molar-refractivity contribution in [3.63, 3.8) is 0 Å². The van der Waals surface area contributed by atoms with Crippen LogP contribution in [0.4, 0.5) is 0 Å². The van der Waals surface area contributed by atoms with Gasteiger partial charge in [0.1, 0.15) is 9.12 Å². The van der Waals surface area contributed by atoms with Gasteiger partial charge in [0.05, 0.1) is 0 Å². The molecule has 13 heavy (non-hydrogen) atoms. The second-order valence-corrected chi connectivity index (χ2v) is 3.18. The first-order valence-corrected chi connectivity index (χ1v) is 4.91. The van der Waals surface area contributed by atoms with Crippen LogP contribution in [0, 0.1) is 13.8 Å². The molecular weight excluding hydrogens is 179 g/mol. The Kier molecular flexibility index (Phi) is 6.44. The van der Waals surface area contributed by atoms with Crippen molar-refractivity contribution >= 4 is 9.12 Å². The van der Waals surface area contributed by atoms with E-state index >= 15 is 0 Å². The molecule has 0 amide bonds. The van der Waals surface area contributed by atoms with Gasteiger partial charge >= 0.3 is 0 Å². The zero-order valence-electron chi connectivity index (χ0n) is 8.55. The molecule has 0 spiro atoms. The first-order valence-electron chi connectivity index (χ1n) is 4.50. The van der Waals surface area contributed by atoms with Crippen LogP contribution in [0.25, 0.3) is 0 Å². The fraction of sp³-hybridized carbons (Fsp3) is 0.455. The quantitative estimate of drug-likeness (QED) is 0.658. The molecule has 0 fully saturated rings. The molecule has 0 aliphatic rings. The highest BCUT2D eigenvalue weighted by Crippen LogP contribution is 2.11. The number of rotatable bonds is 2. The fourth-order valence-corrected chi connectivity index (χ4v) is 1.34. The lowest BCUT2D eigenvalue weighted by Gasteiger charge is -2.04. The van der Waals surface area contributed by atoms with E-state index in [1.54, 1.807) is 9.12 Å². The van der Waals surface area contributed by atoms with Crippen LogP contribution in [0.5, 0.6) is 0 Å². The minimum absolute atomic E-state index is 1.22. The highest BCUT2D eigenvalue weighted by molar-refractivity contribution is 7.00. The van der Waals surface area contributed by atoms with Gasteiger partial charge in [-0.05, 0) is 31.4 Å². The Morgan fingerprint density at radius 1 is 1.23 bits per heavy atom. The summed E-state index contributed by atoms with van der Waals surface area (Å²) < 4.78 is 8.06. The molecular formula is C11H17OP. The van der Waals surface area contributed by atoms with E-state index in [4.69, 9.17) is 4.57 Å². The maximum atomic E-state index is 8.06. The van der Waals surface area contributed by atoms with Gasteiger partial charge in [-0.2, -0.15) is 0 Å². The van der Waals surface area contributed by atoms with Gasteiger partial charge in [0, 0.05) is 0 Å². The number of aryl methyl sites for hydroxylation is 3. The molecule has 1 aromatic rings. The molecule has 0 aliphatic heterocycles.